The largest absolute Gasteiger partial charge is 0.382 e. The summed E-state index contributed by atoms with van der Waals surface area (Å²) in [5.41, 5.74) is 12.4. The van der Waals surface area contributed by atoms with Gasteiger partial charge in [-0.2, -0.15) is 4.99 Å². The van der Waals surface area contributed by atoms with Crippen LogP contribution in [0.2, 0.25) is 5.15 Å². The monoisotopic (exact) mass is 599 g/mol. The van der Waals surface area contributed by atoms with E-state index in [9.17, 15) is 9.59 Å². The summed E-state index contributed by atoms with van der Waals surface area (Å²) in [5, 5.41) is 10.4. The highest BCUT2D eigenvalue weighted by atomic mass is 127. The molecule has 33 heavy (non-hydrogen) atoms. The van der Waals surface area contributed by atoms with Crippen LogP contribution < -0.4 is 27.4 Å². The lowest BCUT2D eigenvalue weighted by molar-refractivity contribution is 0.0952. The van der Waals surface area contributed by atoms with Gasteiger partial charge in [-0.1, -0.05) is 23.7 Å². The minimum Gasteiger partial charge on any atom is -0.382 e. The average Bonchev–Trinajstić information content (AvgIpc) is 3.33. The van der Waals surface area contributed by atoms with Crippen molar-refractivity contribution in [2.24, 2.45) is 10.7 Å². The van der Waals surface area contributed by atoms with Crippen LogP contribution >= 0.6 is 45.5 Å². The minimum atomic E-state index is -0.803. The quantitative estimate of drug-likeness (QED) is 0.112. The third-order valence-electron chi connectivity index (χ3n) is 4.02. The molecule has 0 aliphatic carbocycles. The van der Waals surface area contributed by atoms with Gasteiger partial charge in [-0.05, 0) is 40.3 Å². The number of amides is 2. The summed E-state index contributed by atoms with van der Waals surface area (Å²) < 4.78 is 1.12. The molecule has 0 unspecified atom stereocenters. The Labute approximate surface area is 211 Å². The van der Waals surface area contributed by atoms with E-state index in [-0.39, 0.29) is 47.4 Å². The molecule has 0 bridgehead atoms. The van der Waals surface area contributed by atoms with Crippen molar-refractivity contribution in [1.82, 2.24) is 25.6 Å². The Hall–Kier alpha value is -3.04. The number of benzene rings is 1. The molecule has 0 saturated carbocycles. The van der Waals surface area contributed by atoms with Gasteiger partial charge in [0.15, 0.2) is 33.4 Å². The third kappa shape index (κ3) is 7.23. The van der Waals surface area contributed by atoms with E-state index in [0.717, 1.165) is 9.13 Å². The highest BCUT2D eigenvalue weighted by Gasteiger charge is 2.17. The van der Waals surface area contributed by atoms with Gasteiger partial charge in [-0.3, -0.25) is 9.59 Å². The van der Waals surface area contributed by atoms with Crippen molar-refractivity contribution in [2.75, 3.05) is 24.1 Å². The number of hydrogen-bond acceptors (Lipinski definition) is 8. The Bertz CT molecular complexity index is 1160. The van der Waals surface area contributed by atoms with Crippen molar-refractivity contribution in [3.63, 3.8) is 0 Å². The number of rotatable bonds is 8. The summed E-state index contributed by atoms with van der Waals surface area (Å²) >= 11 is 9.62. The molecule has 0 aliphatic rings. The van der Waals surface area contributed by atoms with Crippen LogP contribution in [0.25, 0.3) is 0 Å². The first kappa shape index (κ1) is 24.6. The SMILES string of the molecule is N/C(=N\C(=O)c1nc(Cl)c(NCc2ccc(I)cc2)nc1N)NCCNC(=O)c1nccs1. The maximum Gasteiger partial charge on any atom is 0.302 e. The second-order valence-corrected chi connectivity index (χ2v) is 8.90. The number of aromatic nitrogens is 3. The van der Waals surface area contributed by atoms with Crippen molar-refractivity contribution in [3.8, 4) is 0 Å². The fourth-order valence-electron chi connectivity index (χ4n) is 2.47. The van der Waals surface area contributed by atoms with E-state index in [1.807, 2.05) is 24.3 Å². The Morgan fingerprint density at radius 2 is 1.88 bits per heavy atom. The molecule has 2 amide bonds. The second-order valence-electron chi connectivity index (χ2n) is 6.40. The molecule has 3 aromatic rings. The van der Waals surface area contributed by atoms with Crippen LogP contribution in [0.3, 0.4) is 0 Å². The van der Waals surface area contributed by atoms with E-state index >= 15 is 0 Å². The van der Waals surface area contributed by atoms with Crippen LogP contribution in [-0.4, -0.2) is 45.8 Å². The molecule has 0 radical (unpaired) electrons. The maximum absolute atomic E-state index is 12.4. The van der Waals surface area contributed by atoms with Crippen LogP contribution in [0.5, 0.6) is 0 Å². The zero-order valence-corrected chi connectivity index (χ0v) is 20.7. The Balaban J connectivity index is 1.53. The smallest absolute Gasteiger partial charge is 0.302 e. The predicted molar refractivity (Wildman–Crippen MR) is 136 cm³/mol. The first-order valence-electron chi connectivity index (χ1n) is 9.45. The lowest BCUT2D eigenvalue weighted by atomic mass is 10.2. The number of carbonyl (C=O) groups is 2. The molecule has 172 valence electrons. The van der Waals surface area contributed by atoms with Crippen molar-refractivity contribution < 1.29 is 9.59 Å². The third-order valence-corrected chi connectivity index (χ3v) is 5.78. The molecular formula is C19H19ClIN9O2S. The molecule has 7 N–H and O–H groups in total. The normalized spacial score (nSPS) is 11.2. The van der Waals surface area contributed by atoms with Crippen molar-refractivity contribution in [3.05, 3.63) is 60.8 Å². The summed E-state index contributed by atoms with van der Waals surface area (Å²) in [7, 11) is 0. The molecule has 14 heteroatoms. The molecule has 0 atom stereocenters. The summed E-state index contributed by atoms with van der Waals surface area (Å²) in [4.78, 5) is 39.9. The van der Waals surface area contributed by atoms with Crippen LogP contribution in [0, 0.1) is 3.57 Å². The Morgan fingerprint density at radius 3 is 2.58 bits per heavy atom. The lowest BCUT2D eigenvalue weighted by Gasteiger charge is -2.10. The van der Waals surface area contributed by atoms with Crippen molar-refractivity contribution >= 4 is 74.9 Å². The maximum atomic E-state index is 12.4. The molecular weight excluding hydrogens is 581 g/mol. The van der Waals surface area contributed by atoms with Gasteiger partial charge < -0.3 is 27.4 Å². The fourth-order valence-corrected chi connectivity index (χ4v) is 3.57. The number of nitrogens with one attached hydrogen (secondary N) is 3. The first-order chi connectivity index (χ1) is 15.8. The number of aliphatic imine (C=N–C) groups is 1. The van der Waals surface area contributed by atoms with Gasteiger partial charge in [0.25, 0.3) is 5.91 Å². The molecule has 0 saturated heterocycles. The van der Waals surface area contributed by atoms with Gasteiger partial charge in [-0.15, -0.1) is 11.3 Å². The number of carbonyl (C=O) groups excluding carboxylic acids is 2. The van der Waals surface area contributed by atoms with Crippen LogP contribution in [0.1, 0.15) is 25.9 Å². The topological polar surface area (TPSA) is 173 Å². The Kier molecular flexibility index (Phi) is 8.73. The summed E-state index contributed by atoms with van der Waals surface area (Å²) in [6.07, 6.45) is 1.54. The zero-order chi connectivity index (χ0) is 23.8. The molecule has 3 rings (SSSR count). The molecule has 0 fully saturated rings. The number of nitrogen functional groups attached to an aromatic ring is 1. The van der Waals surface area contributed by atoms with Crippen LogP contribution in [0.4, 0.5) is 11.6 Å². The van der Waals surface area contributed by atoms with Crippen molar-refractivity contribution in [2.45, 2.75) is 6.54 Å². The zero-order valence-electron chi connectivity index (χ0n) is 17.0. The lowest BCUT2D eigenvalue weighted by Crippen LogP contribution is -2.38. The van der Waals surface area contributed by atoms with Gasteiger partial charge in [0.2, 0.25) is 0 Å². The summed E-state index contributed by atoms with van der Waals surface area (Å²) in [5.74, 6) is -1.16. The standard InChI is InChI=1S/C19H19ClIN9O2S/c20-13-15(27-9-10-1-3-11(21)4-2-10)29-14(22)12(28-13)16(31)30-19(23)26-6-5-24-17(32)18-25-7-8-33-18/h1-4,7-8H,5-6,9H2,(H,24,32)(H3,22,27,29)(H3,23,26,30,31). The average molecular weight is 600 g/mol. The van der Waals surface area contributed by atoms with E-state index in [2.05, 4.69) is 58.5 Å². The van der Waals surface area contributed by atoms with E-state index in [0.29, 0.717) is 11.6 Å². The molecule has 0 spiro atoms. The molecule has 0 aliphatic heterocycles. The summed E-state index contributed by atoms with van der Waals surface area (Å²) in [6, 6.07) is 7.89. The van der Waals surface area contributed by atoms with Gasteiger partial charge in [0, 0.05) is 34.8 Å². The first-order valence-corrected chi connectivity index (χ1v) is 11.8. The van der Waals surface area contributed by atoms with Gasteiger partial charge in [0.05, 0.1) is 0 Å². The highest BCUT2D eigenvalue weighted by molar-refractivity contribution is 14.1. The number of hydrogen-bond donors (Lipinski definition) is 5. The van der Waals surface area contributed by atoms with E-state index in [1.165, 1.54) is 11.3 Å². The van der Waals surface area contributed by atoms with E-state index in [1.54, 1.807) is 11.6 Å². The van der Waals surface area contributed by atoms with Gasteiger partial charge in [-0.25, -0.2) is 15.0 Å². The number of nitrogens with two attached hydrogens (primary N) is 2. The van der Waals surface area contributed by atoms with E-state index < -0.39 is 5.91 Å². The van der Waals surface area contributed by atoms with Crippen molar-refractivity contribution in [1.29, 1.82) is 0 Å². The van der Waals surface area contributed by atoms with Crippen LogP contribution in [-0.2, 0) is 6.54 Å². The number of halogens is 2. The number of guanidine groups is 1. The fraction of sp³-hybridized carbons (Fsp3) is 0.158. The number of anilines is 2. The molecule has 1 aromatic carbocycles. The van der Waals surface area contributed by atoms with Gasteiger partial charge >= 0.3 is 5.91 Å². The molecule has 2 heterocycles. The van der Waals surface area contributed by atoms with Crippen LogP contribution in [0.15, 0.2) is 40.8 Å². The predicted octanol–water partition coefficient (Wildman–Crippen LogP) is 1.86. The Morgan fingerprint density at radius 1 is 1.15 bits per heavy atom. The number of nitrogens with zero attached hydrogens (tertiary/aromatic N) is 4. The molecule has 11 nitrogen and oxygen atoms in total. The molecule has 2 aromatic heterocycles. The van der Waals surface area contributed by atoms with E-state index in [4.69, 9.17) is 23.1 Å². The number of thiazole rings is 1. The second kappa shape index (κ2) is 11.7. The summed E-state index contributed by atoms with van der Waals surface area (Å²) in [6.45, 7) is 0.937. The minimum absolute atomic E-state index is 0.0234. The highest BCUT2D eigenvalue weighted by Crippen LogP contribution is 2.22. The van der Waals surface area contributed by atoms with Gasteiger partial charge in [0.1, 0.15) is 0 Å².